The number of halogens is 2. The van der Waals surface area contributed by atoms with Crippen molar-refractivity contribution >= 4 is 56.5 Å². The Labute approximate surface area is 209 Å². The Kier molecular flexibility index (Phi) is 6.93. The minimum Gasteiger partial charge on any atom is -0.352 e. The zero-order chi connectivity index (χ0) is 24.0. The molecule has 2 saturated heterocycles. The number of thioether (sulfide) groups is 1. The number of nitrogens with zero attached hydrogens (tertiary/aromatic N) is 2. The molecular formula is C23H27Cl2N3O3S2. The number of piperidine rings is 1. The van der Waals surface area contributed by atoms with Crippen LogP contribution in [-0.4, -0.2) is 48.4 Å². The SMILES string of the molecule is CC(C)(Sc1ccc(Cl)cc1Cl)C(=O)N[C@H]1C[C@H]2CC[C@@H](C1)N2c1ccc(S(C)(=O)=O)cn1. The quantitative estimate of drug-likeness (QED) is 0.533. The Morgan fingerprint density at radius 1 is 1.15 bits per heavy atom. The monoisotopic (exact) mass is 527 g/mol. The van der Waals surface area contributed by atoms with Crippen LogP contribution in [0.1, 0.15) is 39.5 Å². The van der Waals surface area contributed by atoms with Crippen molar-refractivity contribution in [2.75, 3.05) is 11.2 Å². The summed E-state index contributed by atoms with van der Waals surface area (Å²) in [4.78, 5) is 20.9. The van der Waals surface area contributed by atoms with Gasteiger partial charge in [-0.1, -0.05) is 23.2 Å². The van der Waals surface area contributed by atoms with Crippen molar-refractivity contribution in [3.05, 3.63) is 46.6 Å². The van der Waals surface area contributed by atoms with Crippen LogP contribution in [0.4, 0.5) is 5.82 Å². The van der Waals surface area contributed by atoms with Gasteiger partial charge in [-0.05, 0) is 69.9 Å². The number of anilines is 1. The van der Waals surface area contributed by atoms with E-state index in [0.717, 1.165) is 36.4 Å². The van der Waals surface area contributed by atoms with Crippen molar-refractivity contribution in [3.63, 3.8) is 0 Å². The summed E-state index contributed by atoms with van der Waals surface area (Å²) in [5, 5.41) is 4.36. The molecule has 0 spiro atoms. The minimum atomic E-state index is -3.27. The molecule has 6 nitrogen and oxygen atoms in total. The first-order valence-electron chi connectivity index (χ1n) is 10.8. The fourth-order valence-electron chi connectivity index (χ4n) is 4.65. The minimum absolute atomic E-state index is 0.0213. The number of benzene rings is 1. The lowest BCUT2D eigenvalue weighted by atomic mass is 9.96. The molecule has 0 saturated carbocycles. The van der Waals surface area contributed by atoms with E-state index in [2.05, 4.69) is 15.2 Å². The van der Waals surface area contributed by atoms with E-state index in [9.17, 15) is 13.2 Å². The Balaban J connectivity index is 1.41. The lowest BCUT2D eigenvalue weighted by Crippen LogP contribution is -2.53. The van der Waals surface area contributed by atoms with E-state index in [1.807, 2.05) is 19.9 Å². The summed E-state index contributed by atoms with van der Waals surface area (Å²) in [6, 6.07) is 9.33. The van der Waals surface area contributed by atoms with Gasteiger partial charge in [-0.2, -0.15) is 0 Å². The number of sulfone groups is 1. The van der Waals surface area contributed by atoms with Gasteiger partial charge >= 0.3 is 0 Å². The van der Waals surface area contributed by atoms with Gasteiger partial charge in [-0.3, -0.25) is 4.79 Å². The first-order chi connectivity index (χ1) is 15.4. The highest BCUT2D eigenvalue weighted by Crippen LogP contribution is 2.41. The molecular weight excluding hydrogens is 501 g/mol. The van der Waals surface area contributed by atoms with E-state index in [4.69, 9.17) is 23.2 Å². The van der Waals surface area contributed by atoms with Crippen molar-refractivity contribution in [2.24, 2.45) is 0 Å². The maximum absolute atomic E-state index is 13.1. The van der Waals surface area contributed by atoms with Crippen LogP contribution in [0.5, 0.6) is 0 Å². The number of fused-ring (bicyclic) bond motifs is 2. The van der Waals surface area contributed by atoms with Gasteiger partial charge in [0, 0.05) is 40.5 Å². The highest BCUT2D eigenvalue weighted by Gasteiger charge is 2.43. The highest BCUT2D eigenvalue weighted by atomic mass is 35.5. The maximum Gasteiger partial charge on any atom is 0.236 e. The third-order valence-corrected chi connectivity index (χ3v) is 9.32. The molecule has 4 rings (SSSR count). The van der Waals surface area contributed by atoms with E-state index >= 15 is 0 Å². The average molecular weight is 529 g/mol. The van der Waals surface area contributed by atoms with Gasteiger partial charge in [-0.15, -0.1) is 11.8 Å². The molecule has 0 aliphatic carbocycles. The molecule has 33 heavy (non-hydrogen) atoms. The van der Waals surface area contributed by atoms with Crippen LogP contribution in [0.25, 0.3) is 0 Å². The molecule has 1 aromatic carbocycles. The van der Waals surface area contributed by atoms with Crippen LogP contribution in [0.2, 0.25) is 10.0 Å². The molecule has 178 valence electrons. The zero-order valence-electron chi connectivity index (χ0n) is 18.7. The molecule has 1 N–H and O–H groups in total. The van der Waals surface area contributed by atoms with Gasteiger partial charge in [0.05, 0.1) is 14.7 Å². The van der Waals surface area contributed by atoms with Crippen LogP contribution >= 0.6 is 35.0 Å². The van der Waals surface area contributed by atoms with Gasteiger partial charge < -0.3 is 10.2 Å². The summed E-state index contributed by atoms with van der Waals surface area (Å²) < 4.78 is 22.8. The standard InChI is InChI=1S/C23H27Cl2N3O3S2/c1-23(2,32-20-8-4-14(24)10-19(20)25)22(29)27-15-11-16-5-6-17(12-15)28(16)21-9-7-18(13-26-21)33(3,30)31/h4,7-10,13,15-17H,5-6,11-12H2,1-3H3,(H,27,29)/t15-,16+,17-. The number of amides is 1. The average Bonchev–Trinajstić information content (AvgIpc) is 3.00. The van der Waals surface area contributed by atoms with E-state index in [1.165, 1.54) is 24.2 Å². The normalized spacial score (nSPS) is 22.9. The Morgan fingerprint density at radius 3 is 2.36 bits per heavy atom. The van der Waals surface area contributed by atoms with E-state index in [0.29, 0.717) is 10.0 Å². The topological polar surface area (TPSA) is 79.4 Å². The maximum atomic E-state index is 13.1. The van der Waals surface area contributed by atoms with Crippen molar-refractivity contribution in [1.29, 1.82) is 0 Å². The number of carbonyl (C=O) groups is 1. The van der Waals surface area contributed by atoms with Crippen molar-refractivity contribution in [3.8, 4) is 0 Å². The molecule has 10 heteroatoms. The lowest BCUT2D eigenvalue weighted by Gasteiger charge is -2.40. The van der Waals surface area contributed by atoms with Crippen molar-refractivity contribution in [2.45, 2.75) is 72.2 Å². The van der Waals surface area contributed by atoms with Crippen LogP contribution in [-0.2, 0) is 14.6 Å². The number of hydrogen-bond acceptors (Lipinski definition) is 6. The second-order valence-corrected chi connectivity index (χ2v) is 13.8. The Hall–Kier alpha value is -1.48. The Morgan fingerprint density at radius 2 is 1.82 bits per heavy atom. The smallest absolute Gasteiger partial charge is 0.236 e. The number of pyridine rings is 1. The zero-order valence-corrected chi connectivity index (χ0v) is 21.9. The molecule has 0 radical (unpaired) electrons. The van der Waals surface area contributed by atoms with Gasteiger partial charge in [0.15, 0.2) is 9.84 Å². The second-order valence-electron chi connectivity index (χ2n) is 9.25. The number of aromatic nitrogens is 1. The molecule has 3 heterocycles. The van der Waals surface area contributed by atoms with Crippen LogP contribution in [0, 0.1) is 0 Å². The molecule has 2 fully saturated rings. The van der Waals surface area contributed by atoms with Gasteiger partial charge in [0.2, 0.25) is 5.91 Å². The summed E-state index contributed by atoms with van der Waals surface area (Å²) in [7, 11) is -3.27. The Bertz CT molecular complexity index is 1140. The lowest BCUT2D eigenvalue weighted by molar-refractivity contribution is -0.123. The van der Waals surface area contributed by atoms with Crippen molar-refractivity contribution < 1.29 is 13.2 Å². The molecule has 2 aliphatic rings. The van der Waals surface area contributed by atoms with E-state index < -0.39 is 14.6 Å². The first-order valence-corrected chi connectivity index (χ1v) is 14.3. The highest BCUT2D eigenvalue weighted by molar-refractivity contribution is 8.01. The largest absolute Gasteiger partial charge is 0.352 e. The van der Waals surface area contributed by atoms with Crippen molar-refractivity contribution in [1.82, 2.24) is 10.3 Å². The van der Waals surface area contributed by atoms with E-state index in [-0.39, 0.29) is 28.9 Å². The summed E-state index contributed by atoms with van der Waals surface area (Å²) >= 11 is 13.7. The fraction of sp³-hybridized carbons (Fsp3) is 0.478. The van der Waals surface area contributed by atoms with Gasteiger partial charge in [0.25, 0.3) is 0 Å². The summed E-state index contributed by atoms with van der Waals surface area (Å²) in [6.07, 6.45) is 6.35. The molecule has 3 atom stereocenters. The second kappa shape index (κ2) is 9.29. The number of nitrogens with one attached hydrogen (secondary N) is 1. The molecule has 2 bridgehead atoms. The number of carbonyl (C=O) groups excluding carboxylic acids is 1. The molecule has 1 aromatic heterocycles. The third-order valence-electron chi connectivity index (χ3n) is 6.29. The molecule has 2 aliphatic heterocycles. The predicted octanol–water partition coefficient (Wildman–Crippen LogP) is 4.98. The molecule has 0 unspecified atom stereocenters. The van der Waals surface area contributed by atoms with Crippen LogP contribution in [0.3, 0.4) is 0 Å². The fourth-order valence-corrected chi connectivity index (χ4v) is 6.73. The molecule has 2 aromatic rings. The van der Waals surface area contributed by atoms with E-state index in [1.54, 1.807) is 24.3 Å². The summed E-state index contributed by atoms with van der Waals surface area (Å²) in [5.74, 6) is 0.778. The van der Waals surface area contributed by atoms with Gasteiger partial charge in [-0.25, -0.2) is 13.4 Å². The third kappa shape index (κ3) is 5.45. The first kappa shape index (κ1) is 24.6. The molecule has 1 amide bonds. The number of rotatable bonds is 6. The predicted molar refractivity (Wildman–Crippen MR) is 134 cm³/mol. The summed E-state index contributed by atoms with van der Waals surface area (Å²) in [6.45, 7) is 3.80. The summed E-state index contributed by atoms with van der Waals surface area (Å²) in [5.41, 5.74) is 0. The van der Waals surface area contributed by atoms with Crippen LogP contribution in [0.15, 0.2) is 46.3 Å². The van der Waals surface area contributed by atoms with Crippen LogP contribution < -0.4 is 10.2 Å². The van der Waals surface area contributed by atoms with Gasteiger partial charge in [0.1, 0.15) is 5.82 Å². The number of hydrogen-bond donors (Lipinski definition) is 1.